The topological polar surface area (TPSA) is 59.1 Å². The third-order valence-corrected chi connectivity index (χ3v) is 1.91. The normalized spacial score (nSPS) is 9.67. The number of ketones is 1. The fourth-order valence-electron chi connectivity index (χ4n) is 1.14. The Bertz CT molecular complexity index is 336. The van der Waals surface area contributed by atoms with Crippen LogP contribution in [0.3, 0.4) is 0 Å². The minimum absolute atomic E-state index is 0.144. The smallest absolute Gasteiger partial charge is 0.252 e. The number of nitrogens with one attached hydrogen (secondary N) is 1. The van der Waals surface area contributed by atoms with Crippen LogP contribution >= 0.6 is 0 Å². The molecule has 15 heavy (non-hydrogen) atoms. The largest absolute Gasteiger partial charge is 0.352 e. The highest BCUT2D eigenvalue weighted by molar-refractivity contribution is 5.93. The van der Waals surface area contributed by atoms with Crippen LogP contribution < -0.4 is 5.32 Å². The van der Waals surface area contributed by atoms with E-state index in [1.807, 2.05) is 0 Å². The van der Waals surface area contributed by atoms with Crippen LogP contribution in [-0.2, 0) is 4.79 Å². The molecule has 0 aliphatic carbocycles. The summed E-state index contributed by atoms with van der Waals surface area (Å²) in [4.78, 5) is 25.9. The molecule has 1 rings (SSSR count). The molecule has 1 aromatic heterocycles. The molecule has 1 aromatic rings. The Morgan fingerprint density at radius 1 is 1.47 bits per heavy atom. The molecule has 1 heterocycles. The fraction of sp³-hybridized carbons (Fsp3) is 0.364. The summed E-state index contributed by atoms with van der Waals surface area (Å²) in [7, 11) is 0. The summed E-state index contributed by atoms with van der Waals surface area (Å²) in [6.07, 6.45) is 4.32. The lowest BCUT2D eigenvalue weighted by Crippen LogP contribution is -2.24. The number of pyridine rings is 1. The van der Waals surface area contributed by atoms with Gasteiger partial charge >= 0.3 is 0 Å². The molecule has 0 atom stereocenters. The van der Waals surface area contributed by atoms with Gasteiger partial charge in [0.2, 0.25) is 0 Å². The van der Waals surface area contributed by atoms with Crippen molar-refractivity contribution in [1.29, 1.82) is 0 Å². The maximum absolute atomic E-state index is 11.5. The monoisotopic (exact) mass is 206 g/mol. The first-order valence-electron chi connectivity index (χ1n) is 4.88. The lowest BCUT2D eigenvalue weighted by molar-refractivity contribution is -0.117. The predicted octanol–water partition coefficient (Wildman–Crippen LogP) is 1.18. The molecule has 0 aliphatic heterocycles. The van der Waals surface area contributed by atoms with Gasteiger partial charge in [0.25, 0.3) is 5.91 Å². The van der Waals surface area contributed by atoms with Gasteiger partial charge in [0, 0.05) is 25.4 Å². The van der Waals surface area contributed by atoms with E-state index in [0.717, 1.165) is 0 Å². The van der Waals surface area contributed by atoms with Crippen LogP contribution in [0.5, 0.6) is 0 Å². The van der Waals surface area contributed by atoms with E-state index in [-0.39, 0.29) is 11.7 Å². The van der Waals surface area contributed by atoms with Gasteiger partial charge < -0.3 is 10.1 Å². The van der Waals surface area contributed by atoms with E-state index >= 15 is 0 Å². The van der Waals surface area contributed by atoms with Crippen molar-refractivity contribution in [3.63, 3.8) is 0 Å². The van der Waals surface area contributed by atoms with Crippen molar-refractivity contribution in [2.75, 3.05) is 6.54 Å². The van der Waals surface area contributed by atoms with Crippen LogP contribution in [0.4, 0.5) is 0 Å². The van der Waals surface area contributed by atoms with Crippen molar-refractivity contribution in [2.45, 2.75) is 19.8 Å². The third kappa shape index (κ3) is 4.35. The van der Waals surface area contributed by atoms with Crippen molar-refractivity contribution in [3.8, 4) is 0 Å². The highest BCUT2D eigenvalue weighted by Gasteiger charge is 2.03. The lowest BCUT2D eigenvalue weighted by Gasteiger charge is -2.03. The third-order valence-electron chi connectivity index (χ3n) is 1.91. The summed E-state index contributed by atoms with van der Waals surface area (Å²) < 4.78 is 0. The van der Waals surface area contributed by atoms with Crippen molar-refractivity contribution >= 4 is 11.7 Å². The van der Waals surface area contributed by atoms with Crippen molar-refractivity contribution in [1.82, 2.24) is 10.3 Å². The average Bonchev–Trinajstić information content (AvgIpc) is 2.25. The van der Waals surface area contributed by atoms with E-state index in [0.29, 0.717) is 24.9 Å². The highest BCUT2D eigenvalue weighted by atomic mass is 16.1. The van der Waals surface area contributed by atoms with Gasteiger partial charge in [-0.2, -0.15) is 0 Å². The lowest BCUT2D eigenvalue weighted by atomic mass is 10.2. The number of hydrogen-bond donors (Lipinski definition) is 1. The van der Waals surface area contributed by atoms with E-state index in [9.17, 15) is 9.59 Å². The number of hydrogen-bond acceptors (Lipinski definition) is 3. The van der Waals surface area contributed by atoms with Crippen LogP contribution in [0, 0.1) is 0 Å². The van der Waals surface area contributed by atoms with Crippen molar-refractivity contribution in [2.24, 2.45) is 0 Å². The zero-order valence-corrected chi connectivity index (χ0v) is 8.69. The second kappa shape index (κ2) is 5.90. The van der Waals surface area contributed by atoms with Crippen LogP contribution in [0.2, 0.25) is 0 Å². The van der Waals surface area contributed by atoms with Crippen LogP contribution in [-0.4, -0.2) is 23.2 Å². The fourth-order valence-corrected chi connectivity index (χ4v) is 1.14. The molecule has 0 spiro atoms. The number of rotatable bonds is 5. The van der Waals surface area contributed by atoms with E-state index in [2.05, 4.69) is 10.3 Å². The molecule has 0 fully saturated rings. The van der Waals surface area contributed by atoms with E-state index < -0.39 is 0 Å². The molecule has 0 saturated heterocycles. The summed E-state index contributed by atoms with van der Waals surface area (Å²) in [5, 5.41) is 2.72. The van der Waals surface area contributed by atoms with Gasteiger partial charge in [-0.25, -0.2) is 0 Å². The summed E-state index contributed by atoms with van der Waals surface area (Å²) in [6.45, 7) is 2.07. The zero-order chi connectivity index (χ0) is 11.1. The molecule has 0 aromatic carbocycles. The Morgan fingerprint density at radius 2 is 2.27 bits per heavy atom. The molecule has 1 N–H and O–H groups in total. The molecule has 4 heteroatoms. The summed E-state index contributed by atoms with van der Waals surface area (Å²) in [5.41, 5.74) is 0.542. The Kier molecular flexibility index (Phi) is 4.47. The molecule has 0 saturated carbocycles. The van der Waals surface area contributed by atoms with E-state index in [1.165, 1.54) is 6.20 Å². The van der Waals surface area contributed by atoms with E-state index in [1.54, 1.807) is 25.3 Å². The molecule has 0 radical (unpaired) electrons. The zero-order valence-electron chi connectivity index (χ0n) is 8.69. The molecule has 0 unspecified atom stereocenters. The van der Waals surface area contributed by atoms with Gasteiger partial charge in [-0.3, -0.25) is 9.78 Å². The number of aromatic nitrogens is 1. The maximum atomic E-state index is 11.5. The predicted molar refractivity (Wildman–Crippen MR) is 56.5 cm³/mol. The van der Waals surface area contributed by atoms with Crippen LogP contribution in [0.15, 0.2) is 24.5 Å². The average molecular weight is 206 g/mol. The molecule has 4 nitrogen and oxygen atoms in total. The summed E-state index contributed by atoms with van der Waals surface area (Å²) in [6, 6.07) is 3.41. The van der Waals surface area contributed by atoms with E-state index in [4.69, 9.17) is 0 Å². The molecule has 80 valence electrons. The number of amides is 1. The Morgan fingerprint density at radius 3 is 2.87 bits per heavy atom. The Labute approximate surface area is 88.7 Å². The standard InChI is InChI=1S/C11H14N2O2/c1-9(14)4-2-7-13-11(15)10-5-3-6-12-8-10/h3,5-6,8H,2,4,7H2,1H3,(H,13,15). The Balaban J connectivity index is 2.28. The van der Waals surface area contributed by atoms with Crippen LogP contribution in [0.25, 0.3) is 0 Å². The van der Waals surface area contributed by atoms with Gasteiger partial charge in [-0.1, -0.05) is 0 Å². The first kappa shape index (κ1) is 11.4. The minimum Gasteiger partial charge on any atom is -0.352 e. The molecule has 0 bridgehead atoms. The molecule has 1 amide bonds. The summed E-state index contributed by atoms with van der Waals surface area (Å²) >= 11 is 0. The van der Waals surface area contributed by atoms with Gasteiger partial charge in [-0.05, 0) is 25.5 Å². The Hall–Kier alpha value is -1.71. The first-order valence-corrected chi connectivity index (χ1v) is 4.88. The van der Waals surface area contributed by atoms with Gasteiger partial charge in [-0.15, -0.1) is 0 Å². The van der Waals surface area contributed by atoms with Gasteiger partial charge in [0.15, 0.2) is 0 Å². The highest BCUT2D eigenvalue weighted by Crippen LogP contribution is 1.95. The maximum Gasteiger partial charge on any atom is 0.252 e. The number of carbonyl (C=O) groups excluding carboxylic acids is 2. The SMILES string of the molecule is CC(=O)CCCNC(=O)c1cccnc1. The second-order valence-electron chi connectivity index (χ2n) is 3.30. The molecule has 0 aliphatic rings. The van der Waals surface area contributed by atoms with Gasteiger partial charge in [0.05, 0.1) is 5.56 Å². The van der Waals surface area contributed by atoms with Crippen molar-refractivity contribution in [3.05, 3.63) is 30.1 Å². The molecular weight excluding hydrogens is 192 g/mol. The molecular formula is C11H14N2O2. The van der Waals surface area contributed by atoms with Gasteiger partial charge in [0.1, 0.15) is 5.78 Å². The number of nitrogens with zero attached hydrogens (tertiary/aromatic N) is 1. The second-order valence-corrected chi connectivity index (χ2v) is 3.30. The van der Waals surface area contributed by atoms with Crippen LogP contribution in [0.1, 0.15) is 30.1 Å². The van der Waals surface area contributed by atoms with Crippen molar-refractivity contribution < 1.29 is 9.59 Å². The minimum atomic E-state index is -0.147. The summed E-state index contributed by atoms with van der Waals surface area (Å²) in [5.74, 6) is -0.00252. The first-order chi connectivity index (χ1) is 7.20. The number of Topliss-reactive ketones (excluding diaryl/α,β-unsaturated/α-hetero) is 1. The number of carbonyl (C=O) groups is 2. The quantitative estimate of drug-likeness (QED) is 0.736.